The van der Waals surface area contributed by atoms with Gasteiger partial charge in [0.05, 0.1) is 0 Å². The van der Waals surface area contributed by atoms with Crippen LogP contribution in [0.5, 0.6) is 0 Å². The minimum absolute atomic E-state index is 0.00765. The Balaban J connectivity index is 2.43. The first-order chi connectivity index (χ1) is 13.8. The van der Waals surface area contributed by atoms with Gasteiger partial charge in [-0.15, -0.1) is 0 Å². The van der Waals surface area contributed by atoms with Crippen LogP contribution in [0.15, 0.2) is 54.3 Å². The summed E-state index contributed by atoms with van der Waals surface area (Å²) in [5, 5.41) is 0. The summed E-state index contributed by atoms with van der Waals surface area (Å²) in [6.45, 7) is 12.2. The van der Waals surface area contributed by atoms with Gasteiger partial charge in [0.2, 0.25) is 5.78 Å². The number of amides is 1. The number of hydrogen-bond acceptors (Lipinski definition) is 3. The molecule has 0 atom stereocenters. The summed E-state index contributed by atoms with van der Waals surface area (Å²) in [5.41, 5.74) is 2.60. The summed E-state index contributed by atoms with van der Waals surface area (Å²) < 4.78 is 6.04. The molecule has 0 fully saturated rings. The van der Waals surface area contributed by atoms with Crippen molar-refractivity contribution in [1.29, 1.82) is 0 Å². The van der Waals surface area contributed by atoms with Crippen LogP contribution < -0.4 is 0 Å². The van der Waals surface area contributed by atoms with E-state index in [-0.39, 0.29) is 22.9 Å². The van der Waals surface area contributed by atoms with E-state index in [1.165, 1.54) is 10.5 Å². The Morgan fingerprint density at radius 1 is 0.867 bits per heavy atom. The van der Waals surface area contributed by atoms with Gasteiger partial charge in [-0.1, -0.05) is 57.2 Å². The zero-order chi connectivity index (χ0) is 22.7. The largest absolute Gasteiger partial charge is 0.484 e. The maximum Gasteiger partial charge on any atom is 0.253 e. The van der Waals surface area contributed by atoms with E-state index in [9.17, 15) is 9.59 Å². The second kappa shape index (κ2) is 8.86. The molecule has 0 unspecified atom stereocenters. The maximum absolute atomic E-state index is 13.2. The van der Waals surface area contributed by atoms with Crippen LogP contribution in [0, 0.1) is 0 Å². The summed E-state index contributed by atoms with van der Waals surface area (Å²) >= 11 is 0. The smallest absolute Gasteiger partial charge is 0.253 e. The second-order valence-corrected chi connectivity index (χ2v) is 9.70. The minimum Gasteiger partial charge on any atom is -0.484 e. The molecule has 0 spiro atoms. The number of ether oxygens (including phenoxy) is 1. The van der Waals surface area contributed by atoms with Gasteiger partial charge in [-0.2, -0.15) is 0 Å². The Morgan fingerprint density at radius 2 is 1.43 bits per heavy atom. The number of allylic oxidation sites excluding steroid dienone is 1. The SMILES string of the molecule is CN(C)C(=O)c1ccc(C(=O)C(=Cc2cccc(C(C)(C)C)c2)OC(C)(C)C)cc1. The predicted octanol–water partition coefficient (Wildman–Crippen LogP) is 5.72. The fourth-order valence-electron chi connectivity index (χ4n) is 2.88. The van der Waals surface area contributed by atoms with Gasteiger partial charge in [0.25, 0.3) is 5.91 Å². The zero-order valence-corrected chi connectivity index (χ0v) is 19.4. The van der Waals surface area contributed by atoms with E-state index in [2.05, 4.69) is 32.9 Å². The fraction of sp³-hybridized carbons (Fsp3) is 0.385. The normalized spacial score (nSPS) is 12.5. The van der Waals surface area contributed by atoms with Crippen LogP contribution in [-0.4, -0.2) is 36.3 Å². The molecule has 1 amide bonds. The molecule has 4 nitrogen and oxygen atoms in total. The number of nitrogens with zero attached hydrogens (tertiary/aromatic N) is 1. The topological polar surface area (TPSA) is 46.6 Å². The van der Waals surface area contributed by atoms with Crippen molar-refractivity contribution in [2.75, 3.05) is 14.1 Å². The second-order valence-electron chi connectivity index (χ2n) is 9.70. The molecule has 2 aromatic carbocycles. The Kier molecular flexibility index (Phi) is 6.91. The van der Waals surface area contributed by atoms with E-state index in [1.807, 2.05) is 32.9 Å². The molecule has 0 aliphatic carbocycles. The van der Waals surface area contributed by atoms with E-state index in [0.717, 1.165) is 5.56 Å². The average Bonchev–Trinajstić information content (AvgIpc) is 2.65. The van der Waals surface area contributed by atoms with E-state index in [4.69, 9.17) is 4.74 Å². The van der Waals surface area contributed by atoms with Gasteiger partial charge in [-0.25, -0.2) is 0 Å². The van der Waals surface area contributed by atoms with Gasteiger partial charge in [-0.05, 0) is 55.5 Å². The first kappa shape index (κ1) is 23.4. The molecule has 0 saturated heterocycles. The van der Waals surface area contributed by atoms with Crippen LogP contribution in [0.25, 0.3) is 6.08 Å². The van der Waals surface area contributed by atoms with Crippen molar-refractivity contribution in [3.05, 3.63) is 76.5 Å². The number of hydrogen-bond donors (Lipinski definition) is 0. The molecular formula is C26H33NO3. The van der Waals surface area contributed by atoms with Gasteiger partial charge in [0, 0.05) is 25.2 Å². The van der Waals surface area contributed by atoms with Crippen molar-refractivity contribution in [3.63, 3.8) is 0 Å². The zero-order valence-electron chi connectivity index (χ0n) is 19.4. The van der Waals surface area contributed by atoms with Crippen LogP contribution in [0.4, 0.5) is 0 Å². The highest BCUT2D eigenvalue weighted by Gasteiger charge is 2.22. The van der Waals surface area contributed by atoms with Gasteiger partial charge in [0.15, 0.2) is 5.76 Å². The number of ketones is 1. The van der Waals surface area contributed by atoms with Gasteiger partial charge in [0.1, 0.15) is 5.60 Å². The van der Waals surface area contributed by atoms with Crippen LogP contribution in [0.3, 0.4) is 0 Å². The minimum atomic E-state index is -0.524. The molecule has 30 heavy (non-hydrogen) atoms. The Labute approximate surface area is 180 Å². The first-order valence-corrected chi connectivity index (χ1v) is 10.2. The van der Waals surface area contributed by atoms with Gasteiger partial charge in [-0.3, -0.25) is 9.59 Å². The van der Waals surface area contributed by atoms with Gasteiger partial charge < -0.3 is 9.64 Å². The van der Waals surface area contributed by atoms with Crippen molar-refractivity contribution in [1.82, 2.24) is 4.90 Å². The number of rotatable bonds is 5. The Hall–Kier alpha value is -2.88. The highest BCUT2D eigenvalue weighted by molar-refractivity contribution is 6.10. The lowest BCUT2D eigenvalue weighted by Crippen LogP contribution is -2.23. The lowest BCUT2D eigenvalue weighted by atomic mass is 9.86. The molecular weight excluding hydrogens is 374 g/mol. The number of benzene rings is 2. The number of carbonyl (C=O) groups is 2. The molecule has 0 saturated carbocycles. The lowest BCUT2D eigenvalue weighted by Gasteiger charge is -2.23. The molecule has 2 rings (SSSR count). The molecule has 0 aliphatic rings. The fourth-order valence-corrected chi connectivity index (χ4v) is 2.88. The molecule has 0 radical (unpaired) electrons. The lowest BCUT2D eigenvalue weighted by molar-refractivity contribution is 0.0449. The maximum atomic E-state index is 13.2. The molecule has 0 heterocycles. The molecule has 160 valence electrons. The third kappa shape index (κ3) is 6.31. The summed E-state index contributed by atoms with van der Waals surface area (Å²) in [7, 11) is 3.40. The Bertz CT molecular complexity index is 939. The number of carbonyl (C=O) groups excluding carboxylic acids is 2. The van der Waals surface area contributed by atoms with Crippen molar-refractivity contribution < 1.29 is 14.3 Å². The van der Waals surface area contributed by atoms with Crippen molar-refractivity contribution in [2.24, 2.45) is 0 Å². The van der Waals surface area contributed by atoms with Crippen LogP contribution in [-0.2, 0) is 10.2 Å². The van der Waals surface area contributed by atoms with Crippen molar-refractivity contribution in [3.8, 4) is 0 Å². The average molecular weight is 408 g/mol. The quantitative estimate of drug-likeness (QED) is 0.361. The molecule has 0 aromatic heterocycles. The molecule has 2 aromatic rings. The standard InChI is InChI=1S/C26H33NO3/c1-25(2,3)21-11-9-10-18(16-21)17-22(30-26(4,5)6)23(28)19-12-14-20(15-13-19)24(29)27(7)8/h9-17H,1-8H3. The van der Waals surface area contributed by atoms with E-state index in [1.54, 1.807) is 44.4 Å². The molecule has 0 bridgehead atoms. The first-order valence-electron chi connectivity index (χ1n) is 10.2. The monoisotopic (exact) mass is 407 g/mol. The summed E-state index contributed by atoms with van der Waals surface area (Å²) in [4.78, 5) is 26.8. The Morgan fingerprint density at radius 3 is 1.93 bits per heavy atom. The van der Waals surface area contributed by atoms with Crippen LogP contribution >= 0.6 is 0 Å². The van der Waals surface area contributed by atoms with E-state index < -0.39 is 5.60 Å². The van der Waals surface area contributed by atoms with Crippen LogP contribution in [0.1, 0.15) is 73.4 Å². The van der Waals surface area contributed by atoms with E-state index >= 15 is 0 Å². The van der Waals surface area contributed by atoms with Crippen molar-refractivity contribution in [2.45, 2.75) is 52.6 Å². The predicted molar refractivity (Wildman–Crippen MR) is 123 cm³/mol. The third-order valence-corrected chi connectivity index (χ3v) is 4.49. The number of Topliss-reactive ketones (excluding diaryl/α,β-unsaturated/α-hetero) is 1. The highest BCUT2D eigenvalue weighted by Crippen LogP contribution is 2.25. The molecule has 4 heteroatoms. The third-order valence-electron chi connectivity index (χ3n) is 4.49. The molecule has 0 N–H and O–H groups in total. The summed E-state index contributed by atoms with van der Waals surface area (Å²) in [6.07, 6.45) is 1.79. The van der Waals surface area contributed by atoms with Gasteiger partial charge >= 0.3 is 0 Å². The summed E-state index contributed by atoms with van der Waals surface area (Å²) in [6, 6.07) is 14.8. The molecule has 0 aliphatic heterocycles. The highest BCUT2D eigenvalue weighted by atomic mass is 16.5. The summed E-state index contributed by atoms with van der Waals surface area (Å²) in [5.74, 6) is -0.0371. The van der Waals surface area contributed by atoms with E-state index in [0.29, 0.717) is 11.1 Å². The van der Waals surface area contributed by atoms with Crippen LogP contribution in [0.2, 0.25) is 0 Å². The van der Waals surface area contributed by atoms with Crippen molar-refractivity contribution >= 4 is 17.8 Å².